The fourth-order valence-corrected chi connectivity index (χ4v) is 3.05. The van der Waals surface area contributed by atoms with Gasteiger partial charge in [0, 0.05) is 51.1 Å². The van der Waals surface area contributed by atoms with Crippen LogP contribution in [0.1, 0.15) is 6.92 Å². The Bertz CT molecular complexity index is 867. The fourth-order valence-electron chi connectivity index (χ4n) is 3.05. The highest BCUT2D eigenvalue weighted by atomic mass is 16.2. The van der Waals surface area contributed by atoms with Gasteiger partial charge in [-0.2, -0.15) is 0 Å². The topological polar surface area (TPSA) is 66.6 Å². The van der Waals surface area contributed by atoms with E-state index in [1.165, 1.54) is 0 Å². The molecular weight excluding hydrogens is 304 g/mol. The number of fused-ring (bicyclic) bond motifs is 1. The van der Waals surface area contributed by atoms with Gasteiger partial charge in [0.25, 0.3) is 0 Å². The molecule has 0 saturated carbocycles. The molecule has 7 nitrogen and oxygen atoms in total. The molecule has 3 aromatic rings. The van der Waals surface area contributed by atoms with E-state index >= 15 is 0 Å². The molecule has 0 bridgehead atoms. The fraction of sp³-hybridized carbons (Fsp3) is 0.294. The van der Waals surface area contributed by atoms with Gasteiger partial charge in [0.15, 0.2) is 11.6 Å². The van der Waals surface area contributed by atoms with Crippen LogP contribution in [0.5, 0.6) is 0 Å². The van der Waals surface area contributed by atoms with Crippen LogP contribution >= 0.6 is 0 Å². The number of nitrogens with zero attached hydrogens (tertiary/aromatic N) is 6. The molecule has 1 amide bonds. The van der Waals surface area contributed by atoms with E-state index in [9.17, 15) is 4.79 Å². The van der Waals surface area contributed by atoms with Crippen LogP contribution in [0, 0.1) is 0 Å². The zero-order valence-corrected chi connectivity index (χ0v) is 13.5. The minimum atomic E-state index is 0.120. The van der Waals surface area contributed by atoms with Gasteiger partial charge in [-0.05, 0) is 0 Å². The smallest absolute Gasteiger partial charge is 0.219 e. The van der Waals surface area contributed by atoms with Crippen molar-refractivity contribution in [1.29, 1.82) is 0 Å². The first-order chi connectivity index (χ1) is 11.7. The highest BCUT2D eigenvalue weighted by Crippen LogP contribution is 2.23. The minimum absolute atomic E-state index is 0.120. The van der Waals surface area contributed by atoms with Crippen molar-refractivity contribution in [1.82, 2.24) is 24.5 Å². The average Bonchev–Trinajstić information content (AvgIpc) is 3.06. The summed E-state index contributed by atoms with van der Waals surface area (Å²) in [7, 11) is 0. The van der Waals surface area contributed by atoms with E-state index in [-0.39, 0.29) is 5.91 Å². The van der Waals surface area contributed by atoms with Gasteiger partial charge in [-0.25, -0.2) is 4.98 Å². The van der Waals surface area contributed by atoms with Crippen molar-refractivity contribution in [3.8, 4) is 11.4 Å². The van der Waals surface area contributed by atoms with Crippen LogP contribution in [0.2, 0.25) is 0 Å². The maximum Gasteiger partial charge on any atom is 0.219 e. The third kappa shape index (κ3) is 2.47. The number of aromatic nitrogens is 4. The van der Waals surface area contributed by atoms with Crippen LogP contribution in [0.15, 0.2) is 42.7 Å². The molecule has 0 N–H and O–H groups in total. The number of benzene rings is 1. The second-order valence-corrected chi connectivity index (χ2v) is 5.83. The molecule has 1 aromatic carbocycles. The molecule has 1 aliphatic heterocycles. The zero-order valence-electron chi connectivity index (χ0n) is 13.5. The van der Waals surface area contributed by atoms with Crippen molar-refractivity contribution >= 4 is 17.4 Å². The van der Waals surface area contributed by atoms with Crippen molar-refractivity contribution in [2.75, 3.05) is 31.1 Å². The first-order valence-electron chi connectivity index (χ1n) is 7.99. The summed E-state index contributed by atoms with van der Waals surface area (Å²) >= 11 is 0. The van der Waals surface area contributed by atoms with Crippen LogP contribution < -0.4 is 4.90 Å². The Morgan fingerprint density at radius 1 is 1.04 bits per heavy atom. The van der Waals surface area contributed by atoms with Gasteiger partial charge in [0.05, 0.1) is 0 Å². The lowest BCUT2D eigenvalue weighted by atomic mass is 10.2. The third-order valence-corrected chi connectivity index (χ3v) is 4.36. The summed E-state index contributed by atoms with van der Waals surface area (Å²) < 4.78 is 1.97. The number of rotatable bonds is 2. The Balaban J connectivity index is 1.68. The van der Waals surface area contributed by atoms with Crippen LogP contribution in [0.25, 0.3) is 17.0 Å². The monoisotopic (exact) mass is 322 g/mol. The van der Waals surface area contributed by atoms with E-state index in [4.69, 9.17) is 0 Å². The number of piperazine rings is 1. The molecule has 3 heterocycles. The molecule has 1 saturated heterocycles. The predicted octanol–water partition coefficient (Wildman–Crippen LogP) is 1.46. The first kappa shape index (κ1) is 14.6. The second-order valence-electron chi connectivity index (χ2n) is 5.83. The van der Waals surface area contributed by atoms with E-state index in [2.05, 4.69) is 20.1 Å². The molecule has 4 rings (SSSR count). The van der Waals surface area contributed by atoms with Gasteiger partial charge in [-0.1, -0.05) is 30.3 Å². The number of anilines is 1. The summed E-state index contributed by atoms with van der Waals surface area (Å²) in [4.78, 5) is 20.0. The zero-order chi connectivity index (χ0) is 16.5. The predicted molar refractivity (Wildman–Crippen MR) is 90.7 cm³/mol. The molecule has 0 radical (unpaired) electrons. The maximum atomic E-state index is 11.5. The second kappa shape index (κ2) is 5.92. The van der Waals surface area contributed by atoms with Crippen molar-refractivity contribution in [3.05, 3.63) is 42.7 Å². The molecule has 0 aliphatic carbocycles. The normalized spacial score (nSPS) is 15.0. The lowest BCUT2D eigenvalue weighted by molar-refractivity contribution is -0.129. The molecule has 0 spiro atoms. The largest absolute Gasteiger partial charge is 0.350 e. The summed E-state index contributed by atoms with van der Waals surface area (Å²) in [6.07, 6.45) is 3.66. The third-order valence-electron chi connectivity index (χ3n) is 4.36. The lowest BCUT2D eigenvalue weighted by Crippen LogP contribution is -2.48. The first-order valence-corrected chi connectivity index (χ1v) is 7.99. The van der Waals surface area contributed by atoms with Crippen LogP contribution in [-0.2, 0) is 4.79 Å². The molecule has 7 heteroatoms. The van der Waals surface area contributed by atoms with E-state index < -0.39 is 0 Å². The van der Waals surface area contributed by atoms with Gasteiger partial charge < -0.3 is 9.80 Å². The van der Waals surface area contributed by atoms with Gasteiger partial charge in [-0.15, -0.1) is 10.2 Å². The Morgan fingerprint density at radius 3 is 2.50 bits per heavy atom. The van der Waals surface area contributed by atoms with E-state index in [0.717, 1.165) is 35.9 Å². The average molecular weight is 322 g/mol. The molecule has 0 unspecified atom stereocenters. The standard InChI is InChI=1S/C17H18N6O/c1-13(24)21-9-11-22(12-10-21)16-17-20-19-15(23(17)8-7-18-16)14-5-3-2-4-6-14/h2-8H,9-12H2,1H3. The molecule has 24 heavy (non-hydrogen) atoms. The number of carbonyl (C=O) groups is 1. The summed E-state index contributed by atoms with van der Waals surface area (Å²) in [5.41, 5.74) is 1.76. The SMILES string of the molecule is CC(=O)N1CCN(c2nccn3c(-c4ccccc4)nnc23)CC1. The van der Waals surface area contributed by atoms with Crippen molar-refractivity contribution in [3.63, 3.8) is 0 Å². The van der Waals surface area contributed by atoms with Gasteiger partial charge in [-0.3, -0.25) is 9.20 Å². The Labute approximate surface area is 139 Å². The van der Waals surface area contributed by atoms with Gasteiger partial charge in [0.2, 0.25) is 11.6 Å². The van der Waals surface area contributed by atoms with Crippen molar-refractivity contribution < 1.29 is 4.79 Å². The van der Waals surface area contributed by atoms with Gasteiger partial charge in [0.1, 0.15) is 0 Å². The van der Waals surface area contributed by atoms with E-state index in [1.807, 2.05) is 45.8 Å². The number of carbonyl (C=O) groups excluding carboxylic acids is 1. The van der Waals surface area contributed by atoms with E-state index in [1.54, 1.807) is 13.1 Å². The van der Waals surface area contributed by atoms with E-state index in [0.29, 0.717) is 13.1 Å². The van der Waals surface area contributed by atoms with Crippen molar-refractivity contribution in [2.24, 2.45) is 0 Å². The minimum Gasteiger partial charge on any atom is -0.350 e. The van der Waals surface area contributed by atoms with Crippen LogP contribution in [0.4, 0.5) is 5.82 Å². The number of hydrogen-bond donors (Lipinski definition) is 0. The molecule has 122 valence electrons. The number of hydrogen-bond acceptors (Lipinski definition) is 5. The lowest BCUT2D eigenvalue weighted by Gasteiger charge is -2.34. The van der Waals surface area contributed by atoms with Crippen LogP contribution in [0.3, 0.4) is 0 Å². The highest BCUT2D eigenvalue weighted by molar-refractivity contribution is 5.74. The summed E-state index contributed by atoms with van der Waals surface area (Å²) in [6, 6.07) is 9.98. The Hall–Kier alpha value is -2.96. The molecular formula is C17H18N6O. The number of amides is 1. The van der Waals surface area contributed by atoms with Crippen molar-refractivity contribution in [2.45, 2.75) is 6.92 Å². The maximum absolute atomic E-state index is 11.5. The van der Waals surface area contributed by atoms with Crippen LogP contribution in [-0.4, -0.2) is 56.6 Å². The molecule has 0 atom stereocenters. The highest BCUT2D eigenvalue weighted by Gasteiger charge is 2.22. The summed E-state index contributed by atoms with van der Waals surface area (Å²) in [5.74, 6) is 1.74. The molecule has 1 aliphatic rings. The Kier molecular flexibility index (Phi) is 3.60. The van der Waals surface area contributed by atoms with Gasteiger partial charge >= 0.3 is 0 Å². The summed E-state index contributed by atoms with van der Waals surface area (Å²) in [5, 5.41) is 8.70. The quantitative estimate of drug-likeness (QED) is 0.714. The summed E-state index contributed by atoms with van der Waals surface area (Å²) in [6.45, 7) is 4.52. The molecule has 2 aromatic heterocycles. The Morgan fingerprint density at radius 2 is 1.79 bits per heavy atom. The molecule has 1 fully saturated rings.